The number of amides is 1. The standard InChI is InChI=1S/C25H25N3O3S2/c1-18-10-11-19(2)24-23(18)27-25(32-24)28(17-20-12-14-26-15-13-20)22(29)9-6-16-33(30,31)21-7-4-3-5-8-21/h3-5,7-8,10-15H,6,9,16-17H2,1-2H3. The van der Waals surface area contributed by atoms with Gasteiger partial charge < -0.3 is 0 Å². The molecule has 0 radical (unpaired) electrons. The lowest BCUT2D eigenvalue weighted by molar-refractivity contribution is -0.118. The molecule has 0 N–H and O–H groups in total. The van der Waals surface area contributed by atoms with Gasteiger partial charge in [0.2, 0.25) is 5.91 Å². The molecule has 0 unspecified atom stereocenters. The molecule has 4 aromatic rings. The fraction of sp³-hybridized carbons (Fsp3) is 0.240. The van der Waals surface area contributed by atoms with Gasteiger partial charge in [0.25, 0.3) is 0 Å². The molecule has 1 amide bonds. The molecule has 33 heavy (non-hydrogen) atoms. The lowest BCUT2D eigenvalue weighted by atomic mass is 10.1. The number of carbonyl (C=O) groups is 1. The van der Waals surface area contributed by atoms with Crippen LogP contribution in [0.25, 0.3) is 10.2 Å². The molecule has 0 saturated heterocycles. The van der Waals surface area contributed by atoms with Gasteiger partial charge in [-0.15, -0.1) is 0 Å². The van der Waals surface area contributed by atoms with Crippen LogP contribution in [0, 0.1) is 13.8 Å². The fourth-order valence-corrected chi connectivity index (χ4v) is 6.05. The minimum Gasteiger partial charge on any atom is -0.284 e. The minimum atomic E-state index is -3.43. The Morgan fingerprint density at radius 3 is 2.36 bits per heavy atom. The molecule has 8 heteroatoms. The highest BCUT2D eigenvalue weighted by Crippen LogP contribution is 2.34. The van der Waals surface area contributed by atoms with Gasteiger partial charge in [-0.3, -0.25) is 14.7 Å². The topological polar surface area (TPSA) is 80.2 Å². The van der Waals surface area contributed by atoms with Gasteiger partial charge in [0.05, 0.1) is 27.4 Å². The molecule has 0 aliphatic rings. The summed E-state index contributed by atoms with van der Waals surface area (Å²) in [6, 6.07) is 16.2. The first-order chi connectivity index (χ1) is 15.8. The number of benzene rings is 2. The Hall–Kier alpha value is -3.10. The van der Waals surface area contributed by atoms with Gasteiger partial charge in [0.15, 0.2) is 15.0 Å². The molecule has 2 aromatic carbocycles. The molecule has 0 spiro atoms. The number of rotatable bonds is 8. The van der Waals surface area contributed by atoms with Crippen LogP contribution in [-0.2, 0) is 21.2 Å². The summed E-state index contributed by atoms with van der Waals surface area (Å²) in [5.74, 6) is -0.228. The van der Waals surface area contributed by atoms with Crippen LogP contribution in [0.5, 0.6) is 0 Å². The average Bonchev–Trinajstić information content (AvgIpc) is 3.27. The Morgan fingerprint density at radius 2 is 1.67 bits per heavy atom. The number of nitrogens with zero attached hydrogens (tertiary/aromatic N) is 3. The molecule has 2 heterocycles. The third kappa shape index (κ3) is 5.29. The van der Waals surface area contributed by atoms with E-state index in [1.54, 1.807) is 47.6 Å². The minimum absolute atomic E-state index is 0.0795. The zero-order valence-corrected chi connectivity index (χ0v) is 20.2. The maximum absolute atomic E-state index is 13.3. The van der Waals surface area contributed by atoms with Gasteiger partial charge in [0, 0.05) is 18.8 Å². The van der Waals surface area contributed by atoms with E-state index in [2.05, 4.69) is 11.1 Å². The number of sulfone groups is 1. The smallest absolute Gasteiger partial charge is 0.229 e. The predicted octanol–water partition coefficient (Wildman–Crippen LogP) is 5.10. The molecule has 2 aromatic heterocycles. The average molecular weight is 480 g/mol. The highest BCUT2D eigenvalue weighted by Gasteiger charge is 2.22. The van der Waals surface area contributed by atoms with Crippen LogP contribution >= 0.6 is 11.3 Å². The van der Waals surface area contributed by atoms with Crippen molar-refractivity contribution in [2.45, 2.75) is 38.1 Å². The summed E-state index contributed by atoms with van der Waals surface area (Å²) in [5, 5.41) is 0.620. The number of hydrogen-bond acceptors (Lipinski definition) is 6. The highest BCUT2D eigenvalue weighted by atomic mass is 32.2. The fourth-order valence-electron chi connectivity index (χ4n) is 3.59. The molecule has 0 aliphatic carbocycles. The molecule has 170 valence electrons. The Morgan fingerprint density at radius 1 is 0.970 bits per heavy atom. The number of pyridine rings is 1. The first kappa shape index (κ1) is 23.1. The summed E-state index contributed by atoms with van der Waals surface area (Å²) in [7, 11) is -3.43. The van der Waals surface area contributed by atoms with E-state index in [0.29, 0.717) is 11.7 Å². The molecule has 0 saturated carbocycles. The first-order valence-electron chi connectivity index (χ1n) is 10.7. The lowest BCUT2D eigenvalue weighted by Gasteiger charge is -2.20. The van der Waals surface area contributed by atoms with Crippen LogP contribution in [0.4, 0.5) is 5.13 Å². The number of aryl methyl sites for hydroxylation is 2. The van der Waals surface area contributed by atoms with Crippen molar-refractivity contribution in [3.05, 3.63) is 83.7 Å². The molecule has 6 nitrogen and oxygen atoms in total. The van der Waals surface area contributed by atoms with E-state index in [9.17, 15) is 13.2 Å². The number of anilines is 1. The van der Waals surface area contributed by atoms with Gasteiger partial charge in [-0.25, -0.2) is 13.4 Å². The maximum atomic E-state index is 13.3. The van der Waals surface area contributed by atoms with E-state index in [4.69, 9.17) is 4.98 Å². The van der Waals surface area contributed by atoms with E-state index in [0.717, 1.165) is 26.9 Å². The first-order valence-corrected chi connectivity index (χ1v) is 13.2. The second kappa shape index (κ2) is 9.80. The van der Waals surface area contributed by atoms with Crippen LogP contribution in [0.2, 0.25) is 0 Å². The maximum Gasteiger partial charge on any atom is 0.229 e. The third-order valence-corrected chi connectivity index (χ3v) is 8.49. The van der Waals surface area contributed by atoms with E-state index < -0.39 is 9.84 Å². The van der Waals surface area contributed by atoms with E-state index in [-0.39, 0.29) is 29.4 Å². The Kier molecular flexibility index (Phi) is 6.85. The van der Waals surface area contributed by atoms with Crippen molar-refractivity contribution < 1.29 is 13.2 Å². The molecule has 0 fully saturated rings. The Labute approximate surface area is 197 Å². The van der Waals surface area contributed by atoms with Crippen LogP contribution in [0.15, 0.2) is 71.9 Å². The van der Waals surface area contributed by atoms with Crippen LogP contribution < -0.4 is 4.90 Å². The van der Waals surface area contributed by atoms with Gasteiger partial charge in [-0.1, -0.05) is 41.7 Å². The predicted molar refractivity (Wildman–Crippen MR) is 132 cm³/mol. The summed E-state index contributed by atoms with van der Waals surface area (Å²) in [4.78, 5) is 24.1. The Balaban J connectivity index is 1.57. The summed E-state index contributed by atoms with van der Waals surface area (Å²) >= 11 is 1.49. The Bertz CT molecular complexity index is 1330. The molecule has 4 rings (SSSR count). The van der Waals surface area contributed by atoms with Crippen molar-refractivity contribution in [3.63, 3.8) is 0 Å². The molecular formula is C25H25N3O3S2. The van der Waals surface area contributed by atoms with Crippen LogP contribution in [0.1, 0.15) is 29.5 Å². The van der Waals surface area contributed by atoms with E-state index in [1.165, 1.54) is 11.3 Å². The largest absolute Gasteiger partial charge is 0.284 e. The quantitative estimate of drug-likeness (QED) is 0.351. The summed E-state index contributed by atoms with van der Waals surface area (Å²) in [5.41, 5.74) is 4.00. The van der Waals surface area contributed by atoms with Gasteiger partial charge >= 0.3 is 0 Å². The zero-order valence-electron chi connectivity index (χ0n) is 18.6. The van der Waals surface area contributed by atoms with E-state index in [1.807, 2.05) is 32.0 Å². The lowest BCUT2D eigenvalue weighted by Crippen LogP contribution is -2.30. The summed E-state index contributed by atoms with van der Waals surface area (Å²) in [6.45, 7) is 4.40. The molecule has 0 bridgehead atoms. The zero-order chi connectivity index (χ0) is 23.4. The summed E-state index contributed by atoms with van der Waals surface area (Å²) < 4.78 is 26.2. The number of hydrogen-bond donors (Lipinski definition) is 0. The van der Waals surface area contributed by atoms with Crippen molar-refractivity contribution in [2.75, 3.05) is 10.7 Å². The van der Waals surface area contributed by atoms with E-state index >= 15 is 0 Å². The van der Waals surface area contributed by atoms with Crippen LogP contribution in [0.3, 0.4) is 0 Å². The number of thiazole rings is 1. The third-order valence-electron chi connectivity index (χ3n) is 5.46. The van der Waals surface area contributed by atoms with Gasteiger partial charge in [-0.05, 0) is 61.2 Å². The number of aromatic nitrogens is 2. The monoisotopic (exact) mass is 479 g/mol. The number of fused-ring (bicyclic) bond motifs is 1. The van der Waals surface area contributed by atoms with Crippen molar-refractivity contribution >= 4 is 42.4 Å². The number of carbonyl (C=O) groups excluding carboxylic acids is 1. The summed E-state index contributed by atoms with van der Waals surface area (Å²) in [6.07, 6.45) is 3.74. The van der Waals surface area contributed by atoms with Crippen LogP contribution in [-0.4, -0.2) is 30.0 Å². The van der Waals surface area contributed by atoms with Gasteiger partial charge in [-0.2, -0.15) is 0 Å². The normalized spacial score (nSPS) is 11.6. The van der Waals surface area contributed by atoms with Crippen molar-refractivity contribution in [1.29, 1.82) is 0 Å². The van der Waals surface area contributed by atoms with Crippen molar-refractivity contribution in [1.82, 2.24) is 9.97 Å². The SMILES string of the molecule is Cc1ccc(C)c2sc(N(Cc3ccncc3)C(=O)CCCS(=O)(=O)c3ccccc3)nc12. The molecular weight excluding hydrogens is 454 g/mol. The van der Waals surface area contributed by atoms with Gasteiger partial charge in [0.1, 0.15) is 0 Å². The van der Waals surface area contributed by atoms with Crippen molar-refractivity contribution in [2.24, 2.45) is 0 Å². The second-order valence-corrected chi connectivity index (χ2v) is 11.0. The van der Waals surface area contributed by atoms with Crippen molar-refractivity contribution in [3.8, 4) is 0 Å². The highest BCUT2D eigenvalue weighted by molar-refractivity contribution is 7.91. The molecule has 0 atom stereocenters. The second-order valence-electron chi connectivity index (χ2n) is 7.94. The molecule has 0 aliphatic heterocycles.